The quantitative estimate of drug-likeness (QED) is 0.837. The number of amides is 3. The normalized spacial score (nSPS) is 25.7. The lowest BCUT2D eigenvalue weighted by Gasteiger charge is -2.43. The van der Waals surface area contributed by atoms with Gasteiger partial charge in [0, 0.05) is 45.1 Å². The molecule has 0 spiro atoms. The maximum atomic E-state index is 12.8. The van der Waals surface area contributed by atoms with Crippen molar-refractivity contribution in [2.75, 3.05) is 31.6 Å². The number of aromatic nitrogens is 2. The molecule has 136 valence electrons. The number of carbonyl (C=O) groups is 2. The molecule has 2 aliphatic rings. The highest BCUT2D eigenvalue weighted by Gasteiger charge is 2.57. The van der Waals surface area contributed by atoms with Gasteiger partial charge in [0.05, 0.1) is 11.5 Å². The van der Waals surface area contributed by atoms with Crippen molar-refractivity contribution < 1.29 is 9.59 Å². The number of hydrogen-bond acceptors (Lipinski definition) is 5. The first-order valence-corrected chi connectivity index (χ1v) is 8.79. The van der Waals surface area contributed by atoms with Crippen molar-refractivity contribution in [2.45, 2.75) is 38.8 Å². The van der Waals surface area contributed by atoms with Crippen LogP contribution >= 0.6 is 0 Å². The Hall–Kier alpha value is -2.38. The van der Waals surface area contributed by atoms with E-state index in [1.54, 1.807) is 30.4 Å². The first-order valence-electron chi connectivity index (χ1n) is 8.79. The summed E-state index contributed by atoms with van der Waals surface area (Å²) in [5.41, 5.74) is -0.624. The molecule has 0 bridgehead atoms. The molecule has 3 heterocycles. The highest BCUT2D eigenvalue weighted by Crippen LogP contribution is 2.43. The molecule has 0 aliphatic carbocycles. The molecule has 2 saturated heterocycles. The third kappa shape index (κ3) is 3.12. The summed E-state index contributed by atoms with van der Waals surface area (Å²) in [5.74, 6) is 0.601. The number of piperidine rings is 1. The topological polar surface area (TPSA) is 90.5 Å². The predicted octanol–water partition coefficient (Wildman–Crippen LogP) is 0.611. The summed E-state index contributed by atoms with van der Waals surface area (Å²) in [6.45, 7) is 5.55. The standard InChI is InChI=1S/C17H26N6O2/c1-12(2)21-16(25)22-10-13-17(11-22,14(24)18-3)6-4-9-23(13)15-19-7-5-8-20-15/h5,7-8,12-13H,4,6,9-11H2,1-3H3,(H,18,24)(H,21,25)/t13-,17-/m1/s1. The van der Waals surface area contributed by atoms with Crippen LogP contribution in [0.4, 0.5) is 10.7 Å². The number of fused-ring (bicyclic) bond motifs is 1. The van der Waals surface area contributed by atoms with Gasteiger partial charge < -0.3 is 20.4 Å². The summed E-state index contributed by atoms with van der Waals surface area (Å²) >= 11 is 0. The minimum atomic E-state index is -0.624. The molecule has 1 aromatic rings. The number of urea groups is 1. The van der Waals surface area contributed by atoms with Gasteiger partial charge in [-0.25, -0.2) is 14.8 Å². The molecule has 3 rings (SSSR count). The number of rotatable bonds is 3. The van der Waals surface area contributed by atoms with E-state index in [9.17, 15) is 9.59 Å². The Labute approximate surface area is 148 Å². The average Bonchev–Trinajstić information content (AvgIpc) is 3.02. The number of nitrogens with one attached hydrogen (secondary N) is 2. The minimum Gasteiger partial charge on any atom is -0.359 e. The molecular formula is C17H26N6O2. The van der Waals surface area contributed by atoms with E-state index in [0.717, 1.165) is 19.4 Å². The zero-order valence-corrected chi connectivity index (χ0v) is 15.0. The van der Waals surface area contributed by atoms with Gasteiger partial charge in [-0.2, -0.15) is 0 Å². The summed E-state index contributed by atoms with van der Waals surface area (Å²) in [5, 5.41) is 5.73. The second-order valence-corrected chi connectivity index (χ2v) is 7.08. The van der Waals surface area contributed by atoms with E-state index in [1.807, 2.05) is 13.8 Å². The van der Waals surface area contributed by atoms with Gasteiger partial charge in [0.15, 0.2) is 0 Å². The summed E-state index contributed by atoms with van der Waals surface area (Å²) in [6, 6.07) is 1.58. The minimum absolute atomic E-state index is 0.0158. The fourth-order valence-corrected chi connectivity index (χ4v) is 4.01. The van der Waals surface area contributed by atoms with Crippen LogP contribution in [0.25, 0.3) is 0 Å². The van der Waals surface area contributed by atoms with Crippen LogP contribution in [0, 0.1) is 5.41 Å². The van der Waals surface area contributed by atoms with E-state index in [1.165, 1.54) is 0 Å². The van der Waals surface area contributed by atoms with Gasteiger partial charge >= 0.3 is 6.03 Å². The van der Waals surface area contributed by atoms with Gasteiger partial charge in [0.1, 0.15) is 0 Å². The Morgan fingerprint density at radius 3 is 2.68 bits per heavy atom. The number of hydrogen-bond donors (Lipinski definition) is 2. The van der Waals surface area contributed by atoms with Crippen molar-refractivity contribution in [3.8, 4) is 0 Å². The molecule has 2 atom stereocenters. The number of nitrogens with zero attached hydrogens (tertiary/aromatic N) is 4. The van der Waals surface area contributed by atoms with Crippen LogP contribution in [0.5, 0.6) is 0 Å². The molecule has 8 nitrogen and oxygen atoms in total. The lowest BCUT2D eigenvalue weighted by molar-refractivity contribution is -0.131. The molecule has 3 amide bonds. The second kappa shape index (κ2) is 6.85. The van der Waals surface area contributed by atoms with E-state index in [-0.39, 0.29) is 24.0 Å². The Bertz CT molecular complexity index is 637. The van der Waals surface area contributed by atoms with E-state index in [4.69, 9.17) is 0 Å². The van der Waals surface area contributed by atoms with Crippen molar-refractivity contribution in [1.29, 1.82) is 0 Å². The molecule has 25 heavy (non-hydrogen) atoms. The third-order valence-corrected chi connectivity index (χ3v) is 5.09. The average molecular weight is 346 g/mol. The Morgan fingerprint density at radius 2 is 2.04 bits per heavy atom. The van der Waals surface area contributed by atoms with Gasteiger partial charge in [-0.3, -0.25) is 4.79 Å². The van der Waals surface area contributed by atoms with Crippen LogP contribution in [0.3, 0.4) is 0 Å². The molecular weight excluding hydrogens is 320 g/mol. The largest absolute Gasteiger partial charge is 0.359 e. The van der Waals surface area contributed by atoms with Crippen LogP contribution in [0.2, 0.25) is 0 Å². The van der Waals surface area contributed by atoms with Gasteiger partial charge in [-0.1, -0.05) is 0 Å². The zero-order valence-electron chi connectivity index (χ0n) is 15.0. The van der Waals surface area contributed by atoms with Gasteiger partial charge in [-0.15, -0.1) is 0 Å². The maximum Gasteiger partial charge on any atom is 0.317 e. The van der Waals surface area contributed by atoms with Crippen molar-refractivity contribution in [3.05, 3.63) is 18.5 Å². The Morgan fingerprint density at radius 1 is 1.32 bits per heavy atom. The van der Waals surface area contributed by atoms with E-state index in [2.05, 4.69) is 25.5 Å². The summed E-state index contributed by atoms with van der Waals surface area (Å²) in [6.07, 6.45) is 5.03. The SMILES string of the molecule is CNC(=O)[C@@]12CCCN(c3ncccn3)[C@@H]1CN(C(=O)NC(C)C)C2. The van der Waals surface area contributed by atoms with Crippen molar-refractivity contribution in [2.24, 2.45) is 5.41 Å². The Kier molecular flexibility index (Phi) is 4.78. The monoisotopic (exact) mass is 346 g/mol. The molecule has 0 radical (unpaired) electrons. The first kappa shape index (κ1) is 17.4. The molecule has 0 unspecified atom stereocenters. The summed E-state index contributed by atoms with van der Waals surface area (Å²) in [4.78, 5) is 37.9. The molecule has 1 aromatic heterocycles. The zero-order chi connectivity index (χ0) is 18.0. The van der Waals surface area contributed by atoms with Gasteiger partial charge in [0.2, 0.25) is 11.9 Å². The third-order valence-electron chi connectivity index (χ3n) is 5.09. The van der Waals surface area contributed by atoms with Crippen molar-refractivity contribution in [1.82, 2.24) is 25.5 Å². The van der Waals surface area contributed by atoms with E-state index >= 15 is 0 Å². The molecule has 8 heteroatoms. The smallest absolute Gasteiger partial charge is 0.317 e. The lowest BCUT2D eigenvalue weighted by atomic mass is 9.74. The maximum absolute atomic E-state index is 12.8. The molecule has 2 N–H and O–H groups in total. The molecule has 0 aromatic carbocycles. The number of anilines is 1. The van der Waals surface area contributed by atoms with Crippen LogP contribution in [0.15, 0.2) is 18.5 Å². The first-order chi connectivity index (χ1) is 12.0. The predicted molar refractivity (Wildman–Crippen MR) is 94.1 cm³/mol. The lowest BCUT2D eigenvalue weighted by Crippen LogP contribution is -2.58. The summed E-state index contributed by atoms with van der Waals surface area (Å²) in [7, 11) is 1.66. The summed E-state index contributed by atoms with van der Waals surface area (Å²) < 4.78 is 0. The van der Waals surface area contributed by atoms with E-state index in [0.29, 0.717) is 19.0 Å². The van der Waals surface area contributed by atoms with Crippen LogP contribution in [0.1, 0.15) is 26.7 Å². The van der Waals surface area contributed by atoms with Crippen LogP contribution in [-0.4, -0.2) is 65.6 Å². The fraction of sp³-hybridized carbons (Fsp3) is 0.647. The fourth-order valence-electron chi connectivity index (χ4n) is 4.01. The van der Waals surface area contributed by atoms with Gasteiger partial charge in [-0.05, 0) is 32.8 Å². The highest BCUT2D eigenvalue weighted by atomic mass is 16.2. The second-order valence-electron chi connectivity index (χ2n) is 7.08. The molecule has 2 fully saturated rings. The van der Waals surface area contributed by atoms with Crippen molar-refractivity contribution in [3.63, 3.8) is 0 Å². The highest BCUT2D eigenvalue weighted by molar-refractivity contribution is 5.87. The van der Waals surface area contributed by atoms with Gasteiger partial charge in [0.25, 0.3) is 0 Å². The molecule has 2 aliphatic heterocycles. The Balaban J connectivity index is 1.92. The number of likely N-dealkylation sites (tertiary alicyclic amines) is 1. The van der Waals surface area contributed by atoms with Crippen molar-refractivity contribution >= 4 is 17.9 Å². The van der Waals surface area contributed by atoms with E-state index < -0.39 is 5.41 Å². The van der Waals surface area contributed by atoms with Crippen LogP contribution in [-0.2, 0) is 4.79 Å². The molecule has 0 saturated carbocycles. The van der Waals surface area contributed by atoms with Crippen LogP contribution < -0.4 is 15.5 Å². The number of carbonyl (C=O) groups excluding carboxylic acids is 2.